The summed E-state index contributed by atoms with van der Waals surface area (Å²) in [6, 6.07) is 12.3. The van der Waals surface area contributed by atoms with Crippen LogP contribution < -0.4 is 5.32 Å². The predicted molar refractivity (Wildman–Crippen MR) is 85.6 cm³/mol. The Kier molecular flexibility index (Phi) is 5.97. The highest BCUT2D eigenvalue weighted by Gasteiger charge is 2.29. The predicted octanol–water partition coefficient (Wildman–Crippen LogP) is 3.72. The molecule has 1 aromatic carbocycles. The zero-order valence-corrected chi connectivity index (χ0v) is 13.3. The molecule has 23 heavy (non-hydrogen) atoms. The van der Waals surface area contributed by atoms with E-state index in [4.69, 9.17) is 9.15 Å². The molecule has 0 saturated heterocycles. The Hall–Kier alpha value is -2.56. The van der Waals surface area contributed by atoms with Gasteiger partial charge in [-0.2, -0.15) is 0 Å². The van der Waals surface area contributed by atoms with Gasteiger partial charge < -0.3 is 19.3 Å². The third-order valence-corrected chi connectivity index (χ3v) is 3.65. The highest BCUT2D eigenvalue weighted by molar-refractivity contribution is 5.69. The van der Waals surface area contributed by atoms with Crippen LogP contribution in [-0.4, -0.2) is 12.4 Å². The van der Waals surface area contributed by atoms with Gasteiger partial charge >= 0.3 is 6.09 Å². The molecule has 0 aliphatic carbocycles. The number of aldehydes is 1. The average Bonchev–Trinajstić information content (AvgIpc) is 3.07. The molecule has 0 aliphatic rings. The Labute approximate surface area is 135 Å². The van der Waals surface area contributed by atoms with Crippen molar-refractivity contribution >= 4 is 12.4 Å². The molecule has 0 unspecified atom stereocenters. The number of hydrogen-bond acceptors (Lipinski definition) is 4. The average molecular weight is 315 g/mol. The second-order valence-electron chi connectivity index (χ2n) is 5.66. The number of benzene rings is 1. The second kappa shape index (κ2) is 8.17. The lowest BCUT2D eigenvalue weighted by atomic mass is 9.88. The summed E-state index contributed by atoms with van der Waals surface area (Å²) in [5.74, 6) is 0.190. The van der Waals surface area contributed by atoms with E-state index in [1.807, 2.05) is 44.2 Å². The largest absolute Gasteiger partial charge is 0.467 e. The Morgan fingerprint density at radius 1 is 1.22 bits per heavy atom. The first kappa shape index (κ1) is 16.8. The summed E-state index contributed by atoms with van der Waals surface area (Å²) in [4.78, 5) is 23.5. The van der Waals surface area contributed by atoms with Crippen LogP contribution in [0.25, 0.3) is 0 Å². The molecule has 5 nitrogen and oxygen atoms in total. The number of hydrogen-bond donors (Lipinski definition) is 1. The number of rotatable bonds is 7. The normalized spacial score (nSPS) is 13.3. The molecule has 0 bridgehead atoms. The van der Waals surface area contributed by atoms with E-state index in [0.717, 1.165) is 11.8 Å². The van der Waals surface area contributed by atoms with Crippen LogP contribution in [0.1, 0.15) is 31.2 Å². The Balaban J connectivity index is 2.02. The number of nitrogens with one attached hydrogen (secondary N) is 1. The molecular formula is C18H21NO4. The molecule has 2 rings (SSSR count). The number of amides is 1. The van der Waals surface area contributed by atoms with Gasteiger partial charge in [0, 0.05) is 5.92 Å². The number of alkyl carbamates (subject to hydrolysis) is 1. The summed E-state index contributed by atoms with van der Waals surface area (Å²) in [6.07, 6.45) is 1.78. The topological polar surface area (TPSA) is 68.5 Å². The quantitative estimate of drug-likeness (QED) is 0.791. The minimum absolute atomic E-state index is 0.0528. The van der Waals surface area contributed by atoms with E-state index in [0.29, 0.717) is 5.76 Å². The lowest BCUT2D eigenvalue weighted by Gasteiger charge is -2.24. The van der Waals surface area contributed by atoms with E-state index < -0.39 is 18.1 Å². The standard InChI is InChI=1S/C18H21NO4/c1-13(2)15(11-20)17(16-9-6-10-22-16)19-18(21)23-12-14-7-4-3-5-8-14/h3-11,13,15,17H,12H2,1-2H3,(H,19,21)/t15-,17-/m0/s1. The molecule has 5 heteroatoms. The maximum atomic E-state index is 12.1. The molecule has 1 amide bonds. The summed E-state index contributed by atoms with van der Waals surface area (Å²) in [7, 11) is 0. The van der Waals surface area contributed by atoms with Crippen LogP contribution in [0.4, 0.5) is 4.79 Å². The lowest BCUT2D eigenvalue weighted by molar-refractivity contribution is -0.113. The van der Waals surface area contributed by atoms with E-state index in [-0.39, 0.29) is 12.5 Å². The summed E-state index contributed by atoms with van der Waals surface area (Å²) < 4.78 is 10.6. The molecule has 0 spiro atoms. The van der Waals surface area contributed by atoms with Crippen molar-refractivity contribution in [3.8, 4) is 0 Å². The molecule has 0 saturated carbocycles. The van der Waals surface area contributed by atoms with E-state index in [2.05, 4.69) is 5.32 Å². The number of carbonyl (C=O) groups is 2. The minimum atomic E-state index is -0.581. The van der Waals surface area contributed by atoms with Crippen LogP contribution >= 0.6 is 0 Å². The zero-order valence-electron chi connectivity index (χ0n) is 13.3. The van der Waals surface area contributed by atoms with Crippen LogP contribution in [0.5, 0.6) is 0 Å². The highest BCUT2D eigenvalue weighted by Crippen LogP contribution is 2.27. The van der Waals surface area contributed by atoms with Crippen molar-refractivity contribution in [1.82, 2.24) is 5.32 Å². The molecule has 2 atom stereocenters. The van der Waals surface area contributed by atoms with Crippen molar-refractivity contribution in [2.45, 2.75) is 26.5 Å². The first-order valence-corrected chi connectivity index (χ1v) is 7.57. The first-order valence-electron chi connectivity index (χ1n) is 7.57. The van der Waals surface area contributed by atoms with Crippen molar-refractivity contribution in [2.24, 2.45) is 11.8 Å². The first-order chi connectivity index (χ1) is 11.1. The summed E-state index contributed by atoms with van der Waals surface area (Å²) in [5, 5.41) is 2.74. The van der Waals surface area contributed by atoms with E-state index >= 15 is 0 Å². The molecule has 1 N–H and O–H groups in total. The van der Waals surface area contributed by atoms with E-state index in [1.54, 1.807) is 12.1 Å². The second-order valence-corrected chi connectivity index (χ2v) is 5.66. The number of furan rings is 1. The Morgan fingerprint density at radius 3 is 2.52 bits per heavy atom. The maximum Gasteiger partial charge on any atom is 0.408 e. The van der Waals surface area contributed by atoms with Crippen molar-refractivity contribution in [3.05, 3.63) is 60.1 Å². The third kappa shape index (κ3) is 4.71. The lowest BCUT2D eigenvalue weighted by Crippen LogP contribution is -2.36. The van der Waals surface area contributed by atoms with Gasteiger partial charge in [0.05, 0.1) is 12.3 Å². The van der Waals surface area contributed by atoms with Gasteiger partial charge in [0.1, 0.15) is 18.7 Å². The van der Waals surface area contributed by atoms with Crippen molar-refractivity contribution in [1.29, 1.82) is 0 Å². The molecule has 1 heterocycles. The Morgan fingerprint density at radius 2 is 1.96 bits per heavy atom. The van der Waals surface area contributed by atoms with Gasteiger partial charge in [-0.25, -0.2) is 4.79 Å². The van der Waals surface area contributed by atoms with Crippen LogP contribution in [0.15, 0.2) is 53.1 Å². The van der Waals surface area contributed by atoms with Gasteiger partial charge in [0.2, 0.25) is 0 Å². The van der Waals surface area contributed by atoms with E-state index in [9.17, 15) is 9.59 Å². The summed E-state index contributed by atoms with van der Waals surface area (Å²) >= 11 is 0. The summed E-state index contributed by atoms with van der Waals surface area (Å²) in [5.41, 5.74) is 0.896. The molecule has 1 aromatic heterocycles. The van der Waals surface area contributed by atoms with Gasteiger partial charge in [-0.1, -0.05) is 44.2 Å². The monoisotopic (exact) mass is 315 g/mol. The molecule has 0 radical (unpaired) electrons. The zero-order chi connectivity index (χ0) is 16.7. The fourth-order valence-electron chi connectivity index (χ4n) is 2.34. The Bertz CT molecular complexity index is 607. The molecule has 0 aliphatic heterocycles. The van der Waals surface area contributed by atoms with Crippen LogP contribution in [-0.2, 0) is 16.1 Å². The molecule has 122 valence electrons. The van der Waals surface area contributed by atoms with Crippen molar-refractivity contribution in [2.75, 3.05) is 0 Å². The molecule has 0 fully saturated rings. The van der Waals surface area contributed by atoms with Gasteiger partial charge in [0.15, 0.2) is 0 Å². The molecule has 2 aromatic rings. The van der Waals surface area contributed by atoms with Crippen LogP contribution in [0.2, 0.25) is 0 Å². The highest BCUT2D eigenvalue weighted by atomic mass is 16.5. The van der Waals surface area contributed by atoms with Gasteiger partial charge in [-0.3, -0.25) is 0 Å². The van der Waals surface area contributed by atoms with E-state index in [1.165, 1.54) is 6.26 Å². The minimum Gasteiger partial charge on any atom is -0.467 e. The number of ether oxygens (including phenoxy) is 1. The van der Waals surface area contributed by atoms with Crippen LogP contribution in [0.3, 0.4) is 0 Å². The van der Waals surface area contributed by atoms with Crippen LogP contribution in [0, 0.1) is 11.8 Å². The SMILES string of the molecule is CC(C)[C@H](C=O)[C@H](NC(=O)OCc1ccccc1)c1ccco1. The summed E-state index contributed by atoms with van der Waals surface area (Å²) in [6.45, 7) is 4.02. The van der Waals surface area contributed by atoms with Crippen molar-refractivity contribution in [3.63, 3.8) is 0 Å². The third-order valence-electron chi connectivity index (χ3n) is 3.65. The van der Waals surface area contributed by atoms with Gasteiger partial charge in [-0.05, 0) is 23.6 Å². The fourth-order valence-corrected chi connectivity index (χ4v) is 2.34. The van der Waals surface area contributed by atoms with Crippen molar-refractivity contribution < 1.29 is 18.7 Å². The smallest absolute Gasteiger partial charge is 0.408 e. The maximum absolute atomic E-state index is 12.1. The number of carbonyl (C=O) groups excluding carboxylic acids is 2. The molecular weight excluding hydrogens is 294 g/mol. The van der Waals surface area contributed by atoms with Gasteiger partial charge in [0.25, 0.3) is 0 Å². The fraction of sp³-hybridized carbons (Fsp3) is 0.333. The van der Waals surface area contributed by atoms with Gasteiger partial charge in [-0.15, -0.1) is 0 Å².